The standard InChI is InChI=1S/C18H12ClF3N2O3/c1-9(24-16(26)11-4-2-3-5-12(11)17(24)27)15(25)23-14-8-10(18(20,21)22)6-7-13(14)19/h2-9H,1H3,(H,23,25)/t9-/m1/s1. The summed E-state index contributed by atoms with van der Waals surface area (Å²) in [6, 6.07) is 7.32. The molecule has 0 aromatic heterocycles. The van der Waals surface area contributed by atoms with E-state index in [1.807, 2.05) is 0 Å². The maximum Gasteiger partial charge on any atom is 0.416 e. The number of amides is 3. The smallest absolute Gasteiger partial charge is 0.323 e. The van der Waals surface area contributed by atoms with Gasteiger partial charge in [0.15, 0.2) is 0 Å². The summed E-state index contributed by atoms with van der Waals surface area (Å²) in [5, 5.41) is 2.14. The van der Waals surface area contributed by atoms with Gasteiger partial charge in [-0.2, -0.15) is 13.2 Å². The molecular weight excluding hydrogens is 385 g/mol. The molecule has 0 saturated heterocycles. The molecule has 1 N–H and O–H groups in total. The highest BCUT2D eigenvalue weighted by Gasteiger charge is 2.40. The van der Waals surface area contributed by atoms with Crippen molar-refractivity contribution in [3.05, 3.63) is 64.2 Å². The minimum atomic E-state index is -4.61. The zero-order valence-corrected chi connectivity index (χ0v) is 14.6. The number of carbonyl (C=O) groups is 3. The molecule has 2 aromatic carbocycles. The summed E-state index contributed by atoms with van der Waals surface area (Å²) < 4.78 is 38.5. The molecule has 27 heavy (non-hydrogen) atoms. The van der Waals surface area contributed by atoms with Crippen LogP contribution >= 0.6 is 11.6 Å². The highest BCUT2D eigenvalue weighted by molar-refractivity contribution is 6.34. The minimum Gasteiger partial charge on any atom is -0.323 e. The van der Waals surface area contributed by atoms with Gasteiger partial charge in [0.2, 0.25) is 5.91 Å². The highest BCUT2D eigenvalue weighted by Crippen LogP contribution is 2.34. The topological polar surface area (TPSA) is 66.5 Å². The predicted octanol–water partition coefficient (Wildman–Crippen LogP) is 3.98. The predicted molar refractivity (Wildman–Crippen MR) is 91.5 cm³/mol. The lowest BCUT2D eigenvalue weighted by atomic mass is 10.1. The van der Waals surface area contributed by atoms with Gasteiger partial charge < -0.3 is 5.32 Å². The van der Waals surface area contributed by atoms with E-state index in [9.17, 15) is 27.6 Å². The van der Waals surface area contributed by atoms with Gasteiger partial charge in [0, 0.05) is 0 Å². The molecule has 1 heterocycles. The van der Waals surface area contributed by atoms with E-state index in [1.54, 1.807) is 12.1 Å². The van der Waals surface area contributed by atoms with Crippen molar-refractivity contribution in [3.63, 3.8) is 0 Å². The fraction of sp³-hybridized carbons (Fsp3) is 0.167. The number of alkyl halides is 3. The molecule has 3 amide bonds. The quantitative estimate of drug-likeness (QED) is 0.798. The van der Waals surface area contributed by atoms with Gasteiger partial charge in [-0.3, -0.25) is 19.3 Å². The van der Waals surface area contributed by atoms with Crippen LogP contribution in [0.2, 0.25) is 5.02 Å². The number of carbonyl (C=O) groups excluding carboxylic acids is 3. The fourth-order valence-electron chi connectivity index (χ4n) is 2.71. The molecule has 0 bridgehead atoms. The average molecular weight is 397 g/mol. The number of anilines is 1. The Morgan fingerprint density at radius 3 is 2.15 bits per heavy atom. The summed E-state index contributed by atoms with van der Waals surface area (Å²) in [6.07, 6.45) is -4.61. The van der Waals surface area contributed by atoms with E-state index >= 15 is 0 Å². The molecule has 0 aliphatic carbocycles. The Morgan fingerprint density at radius 2 is 1.63 bits per heavy atom. The molecule has 140 valence electrons. The second-order valence-corrected chi connectivity index (χ2v) is 6.29. The molecule has 0 unspecified atom stereocenters. The van der Waals surface area contributed by atoms with Crippen LogP contribution in [0.25, 0.3) is 0 Å². The van der Waals surface area contributed by atoms with Crippen LogP contribution in [0, 0.1) is 0 Å². The third-order valence-corrected chi connectivity index (χ3v) is 4.47. The maximum absolute atomic E-state index is 12.8. The van der Waals surface area contributed by atoms with Crippen molar-refractivity contribution in [2.45, 2.75) is 19.1 Å². The number of fused-ring (bicyclic) bond motifs is 1. The molecule has 0 radical (unpaired) electrons. The Labute approximate surface area is 156 Å². The van der Waals surface area contributed by atoms with Crippen LogP contribution in [-0.2, 0) is 11.0 Å². The Morgan fingerprint density at radius 1 is 1.07 bits per heavy atom. The summed E-state index contributed by atoms with van der Waals surface area (Å²) in [6.45, 7) is 1.30. The van der Waals surface area contributed by atoms with E-state index < -0.39 is 35.5 Å². The zero-order valence-electron chi connectivity index (χ0n) is 13.8. The van der Waals surface area contributed by atoms with Gasteiger partial charge in [-0.25, -0.2) is 0 Å². The van der Waals surface area contributed by atoms with E-state index in [-0.39, 0.29) is 21.8 Å². The van der Waals surface area contributed by atoms with Crippen LogP contribution in [0.4, 0.5) is 18.9 Å². The molecule has 0 fully saturated rings. The van der Waals surface area contributed by atoms with Crippen LogP contribution in [0.5, 0.6) is 0 Å². The van der Waals surface area contributed by atoms with Gasteiger partial charge in [-0.05, 0) is 37.3 Å². The van der Waals surface area contributed by atoms with E-state index in [4.69, 9.17) is 11.6 Å². The largest absolute Gasteiger partial charge is 0.416 e. The van der Waals surface area contributed by atoms with Crippen molar-refractivity contribution in [2.24, 2.45) is 0 Å². The van der Waals surface area contributed by atoms with E-state index in [0.717, 1.165) is 17.0 Å². The first-order valence-corrected chi connectivity index (χ1v) is 8.13. The Balaban J connectivity index is 1.84. The summed E-state index contributed by atoms with van der Waals surface area (Å²) in [5.41, 5.74) is -0.922. The molecule has 3 rings (SSSR count). The monoisotopic (exact) mass is 396 g/mol. The first-order chi connectivity index (χ1) is 12.6. The normalized spacial score (nSPS) is 14.9. The number of rotatable bonds is 3. The van der Waals surface area contributed by atoms with Crippen molar-refractivity contribution in [2.75, 3.05) is 5.32 Å². The van der Waals surface area contributed by atoms with Crippen molar-refractivity contribution in [1.82, 2.24) is 4.90 Å². The van der Waals surface area contributed by atoms with Crippen LogP contribution in [-0.4, -0.2) is 28.7 Å². The molecule has 9 heteroatoms. The summed E-state index contributed by atoms with van der Waals surface area (Å²) >= 11 is 5.86. The molecular formula is C18H12ClF3N2O3. The molecule has 0 spiro atoms. The van der Waals surface area contributed by atoms with Crippen molar-refractivity contribution >= 4 is 35.0 Å². The van der Waals surface area contributed by atoms with Crippen LogP contribution in [0.3, 0.4) is 0 Å². The van der Waals surface area contributed by atoms with Crippen LogP contribution in [0.15, 0.2) is 42.5 Å². The van der Waals surface area contributed by atoms with Gasteiger partial charge in [0.25, 0.3) is 11.8 Å². The summed E-state index contributed by atoms with van der Waals surface area (Å²) in [5.74, 6) is -2.13. The summed E-state index contributed by atoms with van der Waals surface area (Å²) in [7, 11) is 0. The van der Waals surface area contributed by atoms with Crippen molar-refractivity contribution in [3.8, 4) is 0 Å². The first kappa shape index (κ1) is 18.9. The first-order valence-electron chi connectivity index (χ1n) is 7.76. The second-order valence-electron chi connectivity index (χ2n) is 5.88. The van der Waals surface area contributed by atoms with Gasteiger partial charge >= 0.3 is 6.18 Å². The molecule has 1 aliphatic rings. The molecule has 5 nitrogen and oxygen atoms in total. The molecule has 1 aliphatic heterocycles. The number of imide groups is 1. The van der Waals surface area contributed by atoms with Gasteiger partial charge in [-0.15, -0.1) is 0 Å². The lowest BCUT2D eigenvalue weighted by Gasteiger charge is -2.22. The SMILES string of the molecule is C[C@H](C(=O)Nc1cc(C(F)(F)F)ccc1Cl)N1C(=O)c2ccccc2C1=O. The second kappa shape index (κ2) is 6.70. The Bertz CT molecular complexity index is 924. The molecule has 2 aromatic rings. The lowest BCUT2D eigenvalue weighted by Crippen LogP contribution is -2.45. The molecule has 0 saturated carbocycles. The number of hydrogen-bond donors (Lipinski definition) is 1. The number of nitrogens with one attached hydrogen (secondary N) is 1. The van der Waals surface area contributed by atoms with E-state index in [1.165, 1.54) is 19.1 Å². The zero-order chi connectivity index (χ0) is 19.9. The number of benzene rings is 2. The third-order valence-electron chi connectivity index (χ3n) is 4.14. The number of hydrogen-bond acceptors (Lipinski definition) is 3. The average Bonchev–Trinajstić information content (AvgIpc) is 2.86. The fourth-order valence-corrected chi connectivity index (χ4v) is 2.88. The van der Waals surface area contributed by atoms with Gasteiger partial charge in [-0.1, -0.05) is 23.7 Å². The van der Waals surface area contributed by atoms with Gasteiger partial charge in [0.05, 0.1) is 27.4 Å². The van der Waals surface area contributed by atoms with E-state index in [0.29, 0.717) is 6.07 Å². The number of halogens is 4. The van der Waals surface area contributed by atoms with Gasteiger partial charge in [0.1, 0.15) is 6.04 Å². The third kappa shape index (κ3) is 3.40. The minimum absolute atomic E-state index is 0.106. The Hall–Kier alpha value is -2.87. The van der Waals surface area contributed by atoms with Crippen LogP contribution in [0.1, 0.15) is 33.2 Å². The van der Waals surface area contributed by atoms with Crippen molar-refractivity contribution < 1.29 is 27.6 Å². The summed E-state index contributed by atoms with van der Waals surface area (Å²) in [4.78, 5) is 38.0. The lowest BCUT2D eigenvalue weighted by molar-refractivity contribution is -0.137. The van der Waals surface area contributed by atoms with Crippen molar-refractivity contribution in [1.29, 1.82) is 0 Å². The maximum atomic E-state index is 12.8. The van der Waals surface area contributed by atoms with Crippen LogP contribution < -0.4 is 5.32 Å². The van der Waals surface area contributed by atoms with E-state index in [2.05, 4.69) is 5.32 Å². The molecule has 1 atom stereocenters. The number of nitrogens with zero attached hydrogens (tertiary/aromatic N) is 1. The highest BCUT2D eigenvalue weighted by atomic mass is 35.5. The Kier molecular flexibility index (Phi) is 4.69.